The topological polar surface area (TPSA) is 66.8 Å². The molecule has 0 aromatic heterocycles. The lowest BCUT2D eigenvalue weighted by atomic mass is 10.0. The summed E-state index contributed by atoms with van der Waals surface area (Å²) in [6.07, 6.45) is 14.1. The Morgan fingerprint density at radius 1 is 0.862 bits per heavy atom. The molecule has 1 aromatic rings. The maximum absolute atomic E-state index is 10.9. The number of hydrogen-bond acceptors (Lipinski definition) is 3. The van der Waals surface area contributed by atoms with Gasteiger partial charge in [-0.15, -0.1) is 0 Å². The monoisotopic (exact) mass is 406 g/mol. The molecule has 0 amide bonds. The Bertz CT molecular complexity index is 503. The van der Waals surface area contributed by atoms with Crippen LogP contribution < -0.4 is 0 Å². The molecule has 0 bridgehead atoms. The lowest BCUT2D eigenvalue weighted by Crippen LogP contribution is -2.29. The summed E-state index contributed by atoms with van der Waals surface area (Å²) >= 11 is 0. The van der Waals surface area contributed by atoms with Crippen LogP contribution in [0.3, 0.4) is 0 Å². The van der Waals surface area contributed by atoms with E-state index in [1.807, 2.05) is 30.3 Å². The number of benzene rings is 1. The zero-order valence-corrected chi connectivity index (χ0v) is 18.4. The van der Waals surface area contributed by atoms with E-state index in [0.29, 0.717) is 19.4 Å². The van der Waals surface area contributed by atoms with Crippen molar-refractivity contribution in [2.75, 3.05) is 0 Å². The van der Waals surface area contributed by atoms with Crippen LogP contribution in [0.2, 0.25) is 0 Å². The van der Waals surface area contributed by atoms with Crippen LogP contribution in [-0.2, 0) is 16.1 Å². The third kappa shape index (κ3) is 14.3. The summed E-state index contributed by atoms with van der Waals surface area (Å²) in [4.78, 5) is 10.9. The number of rotatable bonds is 19. The van der Waals surface area contributed by atoms with Gasteiger partial charge in [-0.25, -0.2) is 0 Å². The van der Waals surface area contributed by atoms with Crippen molar-refractivity contribution in [3.63, 3.8) is 0 Å². The van der Waals surface area contributed by atoms with Gasteiger partial charge >= 0.3 is 5.97 Å². The molecule has 0 saturated heterocycles. The summed E-state index contributed by atoms with van der Waals surface area (Å²) in [5, 5.41) is 19.5. The molecule has 0 aliphatic carbocycles. The van der Waals surface area contributed by atoms with E-state index in [-0.39, 0.29) is 6.42 Å². The Hall–Kier alpha value is -1.39. The van der Waals surface area contributed by atoms with Crippen molar-refractivity contribution in [2.24, 2.45) is 0 Å². The van der Waals surface area contributed by atoms with E-state index >= 15 is 0 Å². The number of carboxylic acids is 1. The predicted octanol–water partition coefficient (Wildman–Crippen LogP) is 6.50. The third-order valence-corrected chi connectivity index (χ3v) is 5.48. The first kappa shape index (κ1) is 25.6. The Labute approximate surface area is 177 Å². The molecule has 29 heavy (non-hydrogen) atoms. The second-order valence-corrected chi connectivity index (χ2v) is 8.16. The first-order chi connectivity index (χ1) is 14.1. The summed E-state index contributed by atoms with van der Waals surface area (Å²) in [7, 11) is 0. The van der Waals surface area contributed by atoms with Gasteiger partial charge in [0.15, 0.2) is 0 Å². The van der Waals surface area contributed by atoms with Crippen LogP contribution >= 0.6 is 0 Å². The molecule has 4 nitrogen and oxygen atoms in total. The van der Waals surface area contributed by atoms with Crippen molar-refractivity contribution in [2.45, 2.75) is 116 Å². The van der Waals surface area contributed by atoms with E-state index in [1.165, 1.54) is 57.8 Å². The summed E-state index contributed by atoms with van der Waals surface area (Å²) < 4.78 is 5.88. The van der Waals surface area contributed by atoms with E-state index in [2.05, 4.69) is 6.92 Å². The molecule has 4 heteroatoms. The number of carbonyl (C=O) groups is 1. The summed E-state index contributed by atoms with van der Waals surface area (Å²) in [6.45, 7) is 2.65. The van der Waals surface area contributed by atoms with Crippen LogP contribution in [0, 0.1) is 0 Å². The maximum Gasteiger partial charge on any atom is 0.303 e. The van der Waals surface area contributed by atoms with Crippen LogP contribution in [0.1, 0.15) is 102 Å². The van der Waals surface area contributed by atoms with E-state index < -0.39 is 18.2 Å². The fourth-order valence-electron chi connectivity index (χ4n) is 3.63. The molecule has 166 valence electrons. The lowest BCUT2D eigenvalue weighted by Gasteiger charge is -2.23. The van der Waals surface area contributed by atoms with Gasteiger partial charge in [-0.3, -0.25) is 4.79 Å². The van der Waals surface area contributed by atoms with Crippen LogP contribution in [0.4, 0.5) is 0 Å². The number of aliphatic carboxylic acids is 1. The Balaban J connectivity index is 2.17. The van der Waals surface area contributed by atoms with Crippen LogP contribution in [0.25, 0.3) is 0 Å². The number of ether oxygens (including phenoxy) is 1. The minimum absolute atomic E-state index is 0.0226. The zero-order chi connectivity index (χ0) is 21.2. The molecular formula is C25H42O4. The average Bonchev–Trinajstić information content (AvgIpc) is 2.72. The highest BCUT2D eigenvalue weighted by molar-refractivity contribution is 5.66. The molecule has 0 aliphatic rings. The minimum Gasteiger partial charge on any atom is -0.481 e. The van der Waals surface area contributed by atoms with Crippen molar-refractivity contribution in [3.8, 4) is 0 Å². The quantitative estimate of drug-likeness (QED) is 0.257. The Morgan fingerprint density at radius 2 is 1.41 bits per heavy atom. The maximum atomic E-state index is 10.9. The van der Waals surface area contributed by atoms with Crippen molar-refractivity contribution in [1.82, 2.24) is 0 Å². The van der Waals surface area contributed by atoms with Gasteiger partial charge in [-0.1, -0.05) is 108 Å². The first-order valence-electron chi connectivity index (χ1n) is 11.7. The largest absolute Gasteiger partial charge is 0.481 e. The molecule has 2 unspecified atom stereocenters. The predicted molar refractivity (Wildman–Crippen MR) is 119 cm³/mol. The van der Waals surface area contributed by atoms with Gasteiger partial charge in [0.1, 0.15) is 0 Å². The van der Waals surface area contributed by atoms with Gasteiger partial charge in [0.05, 0.1) is 18.8 Å². The van der Waals surface area contributed by atoms with Gasteiger partial charge in [0, 0.05) is 6.42 Å². The summed E-state index contributed by atoms with van der Waals surface area (Å²) in [5.74, 6) is -0.847. The molecule has 1 rings (SSSR count). The van der Waals surface area contributed by atoms with Crippen molar-refractivity contribution >= 4 is 5.97 Å². The molecular weight excluding hydrogens is 364 g/mol. The van der Waals surface area contributed by atoms with E-state index in [0.717, 1.165) is 18.4 Å². The molecule has 2 N–H and O–H groups in total. The van der Waals surface area contributed by atoms with Gasteiger partial charge in [0.25, 0.3) is 0 Å². The highest BCUT2D eigenvalue weighted by Gasteiger charge is 2.20. The second kappa shape index (κ2) is 17.5. The zero-order valence-electron chi connectivity index (χ0n) is 18.4. The number of aliphatic hydroxyl groups is 1. The Kier molecular flexibility index (Phi) is 15.4. The van der Waals surface area contributed by atoms with Crippen molar-refractivity contribution in [1.29, 1.82) is 0 Å². The van der Waals surface area contributed by atoms with Gasteiger partial charge in [-0.2, -0.15) is 0 Å². The average molecular weight is 407 g/mol. The molecule has 1 aromatic carbocycles. The summed E-state index contributed by atoms with van der Waals surface area (Å²) in [6, 6.07) is 9.81. The van der Waals surface area contributed by atoms with Crippen LogP contribution in [-0.4, -0.2) is 28.4 Å². The van der Waals surface area contributed by atoms with E-state index in [9.17, 15) is 9.90 Å². The van der Waals surface area contributed by atoms with Crippen molar-refractivity contribution < 1.29 is 19.7 Å². The van der Waals surface area contributed by atoms with Crippen LogP contribution in [0.15, 0.2) is 30.3 Å². The fraction of sp³-hybridized carbons (Fsp3) is 0.720. The van der Waals surface area contributed by atoms with E-state index in [1.54, 1.807) is 0 Å². The minimum atomic E-state index is -0.847. The lowest BCUT2D eigenvalue weighted by molar-refractivity contribution is -0.138. The normalized spacial score (nSPS) is 13.3. The molecule has 0 spiro atoms. The Morgan fingerprint density at radius 3 is 1.97 bits per heavy atom. The number of aliphatic hydroxyl groups excluding tert-OH is 1. The molecule has 0 radical (unpaired) electrons. The first-order valence-corrected chi connectivity index (χ1v) is 11.7. The highest BCUT2D eigenvalue weighted by atomic mass is 16.5. The van der Waals surface area contributed by atoms with Crippen LogP contribution in [0.5, 0.6) is 0 Å². The number of carboxylic acid groups (broad SMARTS) is 1. The SMILES string of the molecule is CCCCCCCCCCCCCC(O)C(CCC(=O)O)OCc1ccccc1. The molecule has 0 aliphatic heterocycles. The second-order valence-electron chi connectivity index (χ2n) is 8.16. The van der Waals surface area contributed by atoms with E-state index in [4.69, 9.17) is 9.84 Å². The standard InChI is InChI=1S/C25H42O4/c1-2-3-4-5-6-7-8-9-10-11-15-18-23(26)24(19-20-25(27)28)29-21-22-16-13-12-14-17-22/h12-14,16-17,23-24,26H,2-11,15,18-21H2,1H3,(H,27,28). The smallest absolute Gasteiger partial charge is 0.303 e. The fourth-order valence-corrected chi connectivity index (χ4v) is 3.63. The number of unbranched alkanes of at least 4 members (excludes halogenated alkanes) is 10. The molecule has 0 saturated carbocycles. The third-order valence-electron chi connectivity index (χ3n) is 5.48. The number of hydrogen-bond donors (Lipinski definition) is 2. The molecule has 2 atom stereocenters. The summed E-state index contributed by atoms with van der Waals surface area (Å²) in [5.41, 5.74) is 1.04. The molecule has 0 fully saturated rings. The molecule has 0 heterocycles. The highest BCUT2D eigenvalue weighted by Crippen LogP contribution is 2.18. The van der Waals surface area contributed by atoms with Gasteiger partial charge in [0.2, 0.25) is 0 Å². The van der Waals surface area contributed by atoms with Crippen molar-refractivity contribution in [3.05, 3.63) is 35.9 Å². The van der Waals surface area contributed by atoms with Gasteiger partial charge < -0.3 is 14.9 Å². The van der Waals surface area contributed by atoms with Gasteiger partial charge in [-0.05, 0) is 18.4 Å².